The lowest BCUT2D eigenvalue weighted by Crippen LogP contribution is -2.42. The van der Waals surface area contributed by atoms with Crippen molar-refractivity contribution in [1.29, 1.82) is 0 Å². The van der Waals surface area contributed by atoms with Crippen molar-refractivity contribution in [3.05, 3.63) is 42.5 Å². The van der Waals surface area contributed by atoms with Crippen LogP contribution in [0.5, 0.6) is 0 Å². The van der Waals surface area contributed by atoms with E-state index in [0.717, 1.165) is 24.8 Å². The number of hydrogen-bond acceptors (Lipinski definition) is 6. The third kappa shape index (κ3) is 8.99. The van der Waals surface area contributed by atoms with Crippen molar-refractivity contribution in [3.63, 3.8) is 0 Å². The Morgan fingerprint density at radius 2 is 1.78 bits per heavy atom. The third-order valence-corrected chi connectivity index (χ3v) is 16.2. The Balaban J connectivity index is 1.78. The van der Waals surface area contributed by atoms with E-state index in [0.29, 0.717) is 36.2 Å². The SMILES string of the molecule is C=C1C(C[C@@H]2O[C@H](C[C@H](C)CO[Si](C)(C)C(C)(C)C)[C@H](C)C2CS(=O)(=O)c2ccccc2)O[C@@H](CCCO)C[C@H]1C. The van der Waals surface area contributed by atoms with Crippen LogP contribution < -0.4 is 0 Å². The van der Waals surface area contributed by atoms with Crippen molar-refractivity contribution < 1.29 is 27.4 Å². The molecule has 3 rings (SSSR count). The molecule has 6 nitrogen and oxygen atoms in total. The van der Waals surface area contributed by atoms with Crippen LogP contribution in [-0.4, -0.2) is 65.2 Å². The minimum atomic E-state index is -3.49. The molecule has 1 aromatic rings. The quantitative estimate of drug-likeness (QED) is 0.191. The van der Waals surface area contributed by atoms with Gasteiger partial charge >= 0.3 is 0 Å². The second-order valence-corrected chi connectivity index (χ2v) is 21.1. The molecule has 2 aliphatic rings. The summed E-state index contributed by atoms with van der Waals surface area (Å²) >= 11 is 0. The minimum absolute atomic E-state index is 0.0477. The van der Waals surface area contributed by atoms with Gasteiger partial charge in [0.15, 0.2) is 18.2 Å². The smallest absolute Gasteiger partial charge is 0.191 e. The molecule has 0 aromatic heterocycles. The number of ether oxygens (including phenoxy) is 2. The first-order valence-corrected chi connectivity index (χ1v) is 20.1. The minimum Gasteiger partial charge on any atom is -0.417 e. The van der Waals surface area contributed by atoms with Gasteiger partial charge in [0, 0.05) is 25.6 Å². The topological polar surface area (TPSA) is 82.1 Å². The average Bonchev–Trinajstić information content (AvgIpc) is 3.17. The van der Waals surface area contributed by atoms with Crippen LogP contribution in [0.15, 0.2) is 47.4 Å². The predicted molar refractivity (Wildman–Crippen MR) is 169 cm³/mol. The molecule has 2 saturated heterocycles. The highest BCUT2D eigenvalue weighted by Crippen LogP contribution is 2.43. The number of aliphatic hydroxyl groups excluding tert-OH is 1. The van der Waals surface area contributed by atoms with Crippen LogP contribution >= 0.6 is 0 Å². The molecule has 41 heavy (non-hydrogen) atoms. The van der Waals surface area contributed by atoms with E-state index in [1.807, 2.05) is 6.07 Å². The normalized spacial score (nSPS) is 30.5. The molecule has 0 spiro atoms. The molecule has 1 N–H and O–H groups in total. The summed E-state index contributed by atoms with van der Waals surface area (Å²) in [5.41, 5.74) is 1.06. The number of sulfone groups is 1. The van der Waals surface area contributed by atoms with E-state index in [1.54, 1.807) is 24.3 Å². The van der Waals surface area contributed by atoms with Crippen LogP contribution in [0.3, 0.4) is 0 Å². The van der Waals surface area contributed by atoms with Gasteiger partial charge in [-0.05, 0) is 79.3 Å². The molecule has 234 valence electrons. The van der Waals surface area contributed by atoms with E-state index >= 15 is 0 Å². The average molecular weight is 609 g/mol. The molecule has 2 unspecified atom stereocenters. The van der Waals surface area contributed by atoms with E-state index in [1.165, 1.54) is 0 Å². The van der Waals surface area contributed by atoms with Gasteiger partial charge in [-0.25, -0.2) is 8.42 Å². The molecule has 0 radical (unpaired) electrons. The lowest BCUT2D eigenvalue weighted by Gasteiger charge is -2.38. The third-order valence-electron chi connectivity index (χ3n) is 9.92. The Bertz CT molecular complexity index is 1080. The summed E-state index contributed by atoms with van der Waals surface area (Å²) in [5.74, 6) is 0.588. The van der Waals surface area contributed by atoms with Crippen LogP contribution in [0.25, 0.3) is 0 Å². The molecule has 8 atom stereocenters. The van der Waals surface area contributed by atoms with Crippen molar-refractivity contribution in [2.75, 3.05) is 19.0 Å². The van der Waals surface area contributed by atoms with Crippen LogP contribution in [0.4, 0.5) is 0 Å². The second-order valence-electron chi connectivity index (χ2n) is 14.3. The summed E-state index contributed by atoms with van der Waals surface area (Å²) in [6.45, 7) is 23.1. The highest BCUT2D eigenvalue weighted by molar-refractivity contribution is 7.91. The van der Waals surface area contributed by atoms with Gasteiger partial charge in [-0.1, -0.05) is 66.3 Å². The monoisotopic (exact) mass is 608 g/mol. The molecule has 0 bridgehead atoms. The summed E-state index contributed by atoms with van der Waals surface area (Å²) in [7, 11) is -5.34. The molecule has 2 heterocycles. The van der Waals surface area contributed by atoms with Crippen molar-refractivity contribution >= 4 is 18.2 Å². The zero-order chi connectivity index (χ0) is 30.6. The maximum Gasteiger partial charge on any atom is 0.191 e. The molecule has 0 aliphatic carbocycles. The molecule has 1 aromatic carbocycles. The lowest BCUT2D eigenvalue weighted by molar-refractivity contribution is -0.0712. The van der Waals surface area contributed by atoms with Gasteiger partial charge in [0.2, 0.25) is 0 Å². The van der Waals surface area contributed by atoms with Crippen LogP contribution in [0.2, 0.25) is 18.1 Å². The fourth-order valence-electron chi connectivity index (χ4n) is 5.99. The first kappa shape index (κ1) is 34.5. The van der Waals surface area contributed by atoms with E-state index < -0.39 is 18.2 Å². The first-order valence-electron chi connectivity index (χ1n) is 15.6. The molecular weight excluding hydrogens is 553 g/mol. The van der Waals surface area contributed by atoms with Crippen LogP contribution in [-0.2, 0) is 23.7 Å². The Hall–Kier alpha value is -1.03. The summed E-state index contributed by atoms with van der Waals surface area (Å²) in [4.78, 5) is 0.363. The summed E-state index contributed by atoms with van der Waals surface area (Å²) in [5, 5.41) is 9.50. The van der Waals surface area contributed by atoms with E-state index in [2.05, 4.69) is 61.2 Å². The van der Waals surface area contributed by atoms with Gasteiger partial charge in [-0.3, -0.25) is 0 Å². The highest BCUT2D eigenvalue weighted by Gasteiger charge is 2.46. The number of hydrogen-bond donors (Lipinski definition) is 1. The number of rotatable bonds is 13. The molecule has 2 fully saturated rings. The number of aliphatic hydroxyl groups is 1. The molecule has 0 saturated carbocycles. The van der Waals surface area contributed by atoms with Crippen molar-refractivity contribution in [2.45, 2.75) is 121 Å². The fourth-order valence-corrected chi connectivity index (χ4v) is 8.92. The largest absolute Gasteiger partial charge is 0.417 e. The van der Waals surface area contributed by atoms with Crippen molar-refractivity contribution in [3.8, 4) is 0 Å². The van der Waals surface area contributed by atoms with Crippen LogP contribution in [0, 0.1) is 23.7 Å². The molecule has 0 amide bonds. The van der Waals surface area contributed by atoms with Gasteiger partial charge in [-0.15, -0.1) is 0 Å². The second kappa shape index (κ2) is 14.2. The van der Waals surface area contributed by atoms with E-state index in [-0.39, 0.29) is 53.6 Å². The molecular formula is C33H56O6SSi. The standard InChI is InChI=1S/C33H56O6SSi/c1-23(21-37-41(8,9)33(5,6)7)18-30-26(4)29(22-40(35,36)28-15-11-10-12-16-28)32(39-30)20-31-25(3)24(2)19-27(38-31)14-13-17-34/h10-12,15-16,23-24,26-27,29-32,34H,3,13-14,17-22H2,1-2,4-9H3/t23-,24+,26+,27-,29?,30+,31?,32-/m0/s1. The van der Waals surface area contributed by atoms with Crippen molar-refractivity contribution in [2.24, 2.45) is 23.7 Å². The summed E-state index contributed by atoms with van der Waals surface area (Å²) < 4.78 is 46.9. The highest BCUT2D eigenvalue weighted by atomic mass is 32.2. The Labute approximate surface area is 251 Å². The predicted octanol–water partition coefficient (Wildman–Crippen LogP) is 7.04. The Morgan fingerprint density at radius 1 is 1.12 bits per heavy atom. The maximum absolute atomic E-state index is 13.6. The van der Waals surface area contributed by atoms with Gasteiger partial charge in [0.1, 0.15) is 0 Å². The Morgan fingerprint density at radius 3 is 2.39 bits per heavy atom. The lowest BCUT2D eigenvalue weighted by atomic mass is 9.82. The summed E-state index contributed by atoms with van der Waals surface area (Å²) in [6, 6.07) is 8.76. The van der Waals surface area contributed by atoms with Gasteiger partial charge in [0.25, 0.3) is 0 Å². The van der Waals surface area contributed by atoms with Gasteiger partial charge < -0.3 is 19.0 Å². The van der Waals surface area contributed by atoms with E-state index in [4.69, 9.17) is 13.9 Å². The van der Waals surface area contributed by atoms with Crippen molar-refractivity contribution in [1.82, 2.24) is 0 Å². The van der Waals surface area contributed by atoms with Gasteiger partial charge in [0.05, 0.1) is 35.1 Å². The zero-order valence-electron chi connectivity index (χ0n) is 26.8. The maximum atomic E-state index is 13.6. The fraction of sp³-hybridized carbons (Fsp3) is 0.758. The number of benzene rings is 1. The zero-order valence-corrected chi connectivity index (χ0v) is 28.6. The first-order chi connectivity index (χ1) is 19.1. The molecule has 8 heteroatoms. The van der Waals surface area contributed by atoms with Crippen LogP contribution in [0.1, 0.15) is 73.6 Å². The van der Waals surface area contributed by atoms with E-state index in [9.17, 15) is 13.5 Å². The molecule has 2 aliphatic heterocycles. The van der Waals surface area contributed by atoms with Gasteiger partial charge in [-0.2, -0.15) is 0 Å². The Kier molecular flexibility index (Phi) is 11.9. The summed E-state index contributed by atoms with van der Waals surface area (Å²) in [6.07, 6.45) is 3.45.